The van der Waals surface area contributed by atoms with Crippen molar-refractivity contribution in [3.8, 4) is 0 Å². The highest BCUT2D eigenvalue weighted by Gasteiger charge is 2.30. The van der Waals surface area contributed by atoms with Gasteiger partial charge in [-0.05, 0) is 31.9 Å². The largest absolute Gasteiger partial charge is 0.358 e. The normalized spacial score (nSPS) is 19.0. The van der Waals surface area contributed by atoms with Crippen molar-refractivity contribution in [1.82, 2.24) is 10.2 Å². The smallest absolute Gasteiger partial charge is 0.272 e. The number of carbonyl (C=O) groups is 1. The van der Waals surface area contributed by atoms with Crippen LogP contribution in [0.1, 0.15) is 24.0 Å². The zero-order valence-corrected chi connectivity index (χ0v) is 11.8. The Morgan fingerprint density at radius 2 is 2.30 bits per heavy atom. The summed E-state index contributed by atoms with van der Waals surface area (Å²) in [5.74, 6) is 0.0191. The number of hydrogen-bond acceptors (Lipinski definition) is 4. The lowest BCUT2D eigenvalue weighted by Gasteiger charge is -2.23. The van der Waals surface area contributed by atoms with Crippen LogP contribution in [0.5, 0.6) is 0 Å². The van der Waals surface area contributed by atoms with E-state index in [4.69, 9.17) is 0 Å². The molecule has 0 unspecified atom stereocenters. The molecule has 1 atom stereocenters. The zero-order chi connectivity index (χ0) is 14.7. The van der Waals surface area contributed by atoms with Gasteiger partial charge in [0.2, 0.25) is 5.91 Å². The molecule has 0 spiro atoms. The lowest BCUT2D eigenvalue weighted by atomic mass is 10.1. The zero-order valence-electron chi connectivity index (χ0n) is 11.8. The molecule has 1 amide bonds. The van der Waals surface area contributed by atoms with Crippen molar-refractivity contribution in [3.63, 3.8) is 0 Å². The molecule has 1 aliphatic heterocycles. The molecule has 0 bridgehead atoms. The van der Waals surface area contributed by atoms with Crippen LogP contribution in [0.2, 0.25) is 0 Å². The van der Waals surface area contributed by atoms with Crippen molar-refractivity contribution in [3.05, 3.63) is 39.4 Å². The number of nitrogens with zero attached hydrogens (tertiary/aromatic N) is 2. The average molecular weight is 277 g/mol. The topological polar surface area (TPSA) is 75.5 Å². The second-order valence-corrected chi connectivity index (χ2v) is 5.06. The third-order valence-corrected chi connectivity index (χ3v) is 3.90. The van der Waals surface area contributed by atoms with Gasteiger partial charge in [-0.15, -0.1) is 0 Å². The highest BCUT2D eigenvalue weighted by molar-refractivity contribution is 5.81. The molecule has 0 saturated carbocycles. The molecule has 2 rings (SSSR count). The van der Waals surface area contributed by atoms with Crippen LogP contribution in [0, 0.1) is 17.0 Å². The number of amides is 1. The van der Waals surface area contributed by atoms with Crippen molar-refractivity contribution in [2.75, 3.05) is 13.6 Å². The van der Waals surface area contributed by atoms with Gasteiger partial charge >= 0.3 is 0 Å². The Hall–Kier alpha value is -1.95. The fourth-order valence-corrected chi connectivity index (χ4v) is 2.74. The van der Waals surface area contributed by atoms with E-state index in [0.29, 0.717) is 12.1 Å². The Kier molecular flexibility index (Phi) is 4.34. The van der Waals surface area contributed by atoms with Gasteiger partial charge in [0.15, 0.2) is 0 Å². The highest BCUT2D eigenvalue weighted by atomic mass is 16.6. The van der Waals surface area contributed by atoms with Gasteiger partial charge in [0.05, 0.1) is 11.0 Å². The van der Waals surface area contributed by atoms with Crippen LogP contribution in [-0.2, 0) is 11.3 Å². The van der Waals surface area contributed by atoms with Gasteiger partial charge in [-0.3, -0.25) is 19.8 Å². The maximum absolute atomic E-state index is 11.8. The fourth-order valence-electron chi connectivity index (χ4n) is 2.74. The lowest BCUT2D eigenvalue weighted by Crippen LogP contribution is -2.41. The second kappa shape index (κ2) is 6.00. The number of nitro benzene ring substituents is 1. The molecule has 1 N–H and O–H groups in total. The molecular formula is C14H19N3O3. The number of benzene rings is 1. The van der Waals surface area contributed by atoms with Crippen LogP contribution in [0.15, 0.2) is 18.2 Å². The lowest BCUT2D eigenvalue weighted by molar-refractivity contribution is -0.385. The number of rotatable bonds is 4. The molecule has 0 aromatic heterocycles. The maximum Gasteiger partial charge on any atom is 0.272 e. The van der Waals surface area contributed by atoms with E-state index in [1.807, 2.05) is 6.07 Å². The highest BCUT2D eigenvalue weighted by Crippen LogP contribution is 2.25. The number of nitrogens with one attached hydrogen (secondary N) is 1. The summed E-state index contributed by atoms with van der Waals surface area (Å²) in [7, 11) is 1.64. The standard InChI is InChI=1S/C14H19N3O3/c1-10-11(5-3-6-12(10)17(19)20)9-16-8-4-7-13(16)14(18)15-2/h3,5-6,13H,4,7-9H2,1-2H3,(H,15,18)/t13-/m1/s1. The van der Waals surface area contributed by atoms with Crippen molar-refractivity contribution in [2.45, 2.75) is 32.4 Å². The van der Waals surface area contributed by atoms with Crippen LogP contribution >= 0.6 is 0 Å². The molecule has 0 radical (unpaired) electrons. The summed E-state index contributed by atoms with van der Waals surface area (Å²) in [6.07, 6.45) is 1.82. The van der Waals surface area contributed by atoms with Crippen LogP contribution in [-0.4, -0.2) is 35.4 Å². The third-order valence-electron chi connectivity index (χ3n) is 3.90. The number of likely N-dealkylation sites (tertiary alicyclic amines) is 1. The van der Waals surface area contributed by atoms with Crippen LogP contribution in [0.25, 0.3) is 0 Å². The molecule has 108 valence electrons. The van der Waals surface area contributed by atoms with Gasteiger partial charge in [-0.25, -0.2) is 0 Å². The van der Waals surface area contributed by atoms with Gasteiger partial charge in [-0.1, -0.05) is 12.1 Å². The van der Waals surface area contributed by atoms with Crippen molar-refractivity contribution >= 4 is 11.6 Å². The van der Waals surface area contributed by atoms with Gasteiger partial charge < -0.3 is 5.32 Å². The molecular weight excluding hydrogens is 258 g/mol. The molecule has 0 aliphatic carbocycles. The minimum Gasteiger partial charge on any atom is -0.358 e. The predicted octanol–water partition coefficient (Wildman–Crippen LogP) is 1.61. The first-order valence-corrected chi connectivity index (χ1v) is 6.73. The van der Waals surface area contributed by atoms with Crippen molar-refractivity contribution < 1.29 is 9.72 Å². The van der Waals surface area contributed by atoms with Crippen LogP contribution in [0.4, 0.5) is 5.69 Å². The molecule has 1 aromatic rings. The summed E-state index contributed by atoms with van der Waals surface area (Å²) < 4.78 is 0. The minimum absolute atomic E-state index is 0.0191. The van der Waals surface area contributed by atoms with Gasteiger partial charge in [0.1, 0.15) is 0 Å². The van der Waals surface area contributed by atoms with E-state index >= 15 is 0 Å². The maximum atomic E-state index is 11.8. The van der Waals surface area contributed by atoms with Crippen molar-refractivity contribution in [2.24, 2.45) is 0 Å². The molecule has 20 heavy (non-hydrogen) atoms. The molecule has 1 heterocycles. The Morgan fingerprint density at radius 1 is 1.55 bits per heavy atom. The summed E-state index contributed by atoms with van der Waals surface area (Å²) in [6.45, 7) is 3.18. The third kappa shape index (κ3) is 2.80. The molecule has 6 nitrogen and oxygen atoms in total. The van der Waals surface area contributed by atoms with Gasteiger partial charge in [0.25, 0.3) is 5.69 Å². The number of likely N-dealkylation sites (N-methyl/N-ethyl adjacent to an activating group) is 1. The Bertz CT molecular complexity index is 530. The van der Waals surface area contributed by atoms with E-state index < -0.39 is 0 Å². The Morgan fingerprint density at radius 3 is 2.95 bits per heavy atom. The fraction of sp³-hybridized carbons (Fsp3) is 0.500. The van der Waals surface area contributed by atoms with E-state index in [-0.39, 0.29) is 22.6 Å². The van der Waals surface area contributed by atoms with E-state index in [0.717, 1.165) is 24.9 Å². The van der Waals surface area contributed by atoms with E-state index in [1.165, 1.54) is 6.07 Å². The summed E-state index contributed by atoms with van der Waals surface area (Å²) in [4.78, 5) is 24.5. The van der Waals surface area contributed by atoms with Crippen LogP contribution in [0.3, 0.4) is 0 Å². The molecule has 6 heteroatoms. The number of nitro groups is 1. The number of carbonyl (C=O) groups excluding carboxylic acids is 1. The average Bonchev–Trinajstić information content (AvgIpc) is 2.88. The van der Waals surface area contributed by atoms with Crippen LogP contribution < -0.4 is 5.32 Å². The minimum atomic E-state index is -0.362. The summed E-state index contributed by atoms with van der Waals surface area (Å²) in [5.41, 5.74) is 1.73. The number of hydrogen-bond donors (Lipinski definition) is 1. The quantitative estimate of drug-likeness (QED) is 0.670. The predicted molar refractivity (Wildman–Crippen MR) is 75.3 cm³/mol. The summed E-state index contributed by atoms with van der Waals surface area (Å²) >= 11 is 0. The van der Waals surface area contributed by atoms with Gasteiger partial charge in [0, 0.05) is 25.2 Å². The molecule has 1 fully saturated rings. The van der Waals surface area contributed by atoms with E-state index in [9.17, 15) is 14.9 Å². The van der Waals surface area contributed by atoms with E-state index in [2.05, 4.69) is 10.2 Å². The monoisotopic (exact) mass is 277 g/mol. The molecule has 1 saturated heterocycles. The summed E-state index contributed by atoms with van der Waals surface area (Å²) in [6, 6.07) is 4.98. The Labute approximate surface area is 117 Å². The van der Waals surface area contributed by atoms with Crippen molar-refractivity contribution in [1.29, 1.82) is 0 Å². The summed E-state index contributed by atoms with van der Waals surface area (Å²) in [5, 5.41) is 13.6. The Balaban J connectivity index is 2.20. The molecule has 1 aliphatic rings. The SMILES string of the molecule is CNC(=O)[C@H]1CCCN1Cc1cccc([N+](=O)[O-])c1C. The first-order valence-electron chi connectivity index (χ1n) is 6.73. The first kappa shape index (κ1) is 14.5. The molecule has 1 aromatic carbocycles. The second-order valence-electron chi connectivity index (χ2n) is 5.06. The van der Waals surface area contributed by atoms with Gasteiger partial charge in [-0.2, -0.15) is 0 Å². The first-order chi connectivity index (χ1) is 9.54. The van der Waals surface area contributed by atoms with E-state index in [1.54, 1.807) is 20.0 Å².